The van der Waals surface area contributed by atoms with Crippen LogP contribution in [0.25, 0.3) is 16.6 Å². The van der Waals surface area contributed by atoms with Gasteiger partial charge in [0.05, 0.1) is 22.6 Å². The van der Waals surface area contributed by atoms with Crippen LogP contribution in [0.15, 0.2) is 53.9 Å². The predicted molar refractivity (Wildman–Crippen MR) is 100.0 cm³/mol. The molecule has 3 rings (SSSR count). The van der Waals surface area contributed by atoms with Crippen molar-refractivity contribution in [3.63, 3.8) is 0 Å². The largest absolute Gasteiger partial charge is 0.457 e. The number of pyridine rings is 1. The first-order chi connectivity index (χ1) is 12.0. The maximum atomic E-state index is 6.12. The van der Waals surface area contributed by atoms with Crippen molar-refractivity contribution in [2.45, 2.75) is 34.6 Å². The fraction of sp³-hybridized carbons (Fsp3) is 0.250. The molecule has 0 saturated heterocycles. The van der Waals surface area contributed by atoms with Gasteiger partial charge in [-0.3, -0.25) is 4.98 Å². The van der Waals surface area contributed by atoms with Crippen molar-refractivity contribution in [1.29, 1.82) is 0 Å². The Morgan fingerprint density at radius 2 is 1.96 bits per heavy atom. The summed E-state index contributed by atoms with van der Waals surface area (Å²) in [6.07, 6.45) is 5.70. The number of aryl methyl sites for hydroxylation is 1. The van der Waals surface area contributed by atoms with Crippen molar-refractivity contribution >= 4 is 10.9 Å². The number of nitrogens with zero attached hydrogens (tertiary/aromatic N) is 4. The molecule has 0 aliphatic rings. The van der Waals surface area contributed by atoms with Crippen LogP contribution in [0.2, 0.25) is 0 Å². The van der Waals surface area contributed by atoms with E-state index in [1.54, 1.807) is 6.20 Å². The second kappa shape index (κ2) is 6.89. The third-order valence-electron chi connectivity index (χ3n) is 4.09. The molecule has 0 fully saturated rings. The molecule has 0 spiro atoms. The number of fused-ring (bicyclic) bond motifs is 1. The highest BCUT2D eigenvalue weighted by atomic mass is 16.5. The average molecular weight is 334 g/mol. The number of hydrogen-bond donors (Lipinski definition) is 0. The van der Waals surface area contributed by atoms with Gasteiger partial charge in [0.15, 0.2) is 0 Å². The van der Waals surface area contributed by atoms with Gasteiger partial charge in [-0.25, -0.2) is 4.68 Å². The first-order valence-corrected chi connectivity index (χ1v) is 8.27. The Morgan fingerprint density at radius 3 is 2.60 bits per heavy atom. The maximum absolute atomic E-state index is 6.12. The Bertz CT molecular complexity index is 979. The summed E-state index contributed by atoms with van der Waals surface area (Å²) in [6, 6.07) is 7.91. The van der Waals surface area contributed by atoms with Gasteiger partial charge in [0, 0.05) is 11.6 Å². The van der Waals surface area contributed by atoms with Gasteiger partial charge in [0.2, 0.25) is 0 Å². The van der Waals surface area contributed by atoms with Crippen LogP contribution in [0.4, 0.5) is 0 Å². The minimum Gasteiger partial charge on any atom is -0.457 e. The van der Waals surface area contributed by atoms with Gasteiger partial charge in [-0.05, 0) is 70.5 Å². The highest BCUT2D eigenvalue weighted by molar-refractivity contribution is 5.86. The Labute approximate surface area is 147 Å². The summed E-state index contributed by atoms with van der Waals surface area (Å²) in [7, 11) is 0. The fourth-order valence-corrected chi connectivity index (χ4v) is 2.55. The molecular formula is C20H22N4O. The van der Waals surface area contributed by atoms with Gasteiger partial charge in [-0.2, -0.15) is 0 Å². The number of benzene rings is 1. The quantitative estimate of drug-likeness (QED) is 0.513. The summed E-state index contributed by atoms with van der Waals surface area (Å²) in [5.41, 5.74) is 4.85. The van der Waals surface area contributed by atoms with E-state index >= 15 is 0 Å². The van der Waals surface area contributed by atoms with E-state index in [0.29, 0.717) is 0 Å². The Kier molecular flexibility index (Phi) is 4.65. The van der Waals surface area contributed by atoms with E-state index in [-0.39, 0.29) is 0 Å². The molecule has 0 aliphatic carbocycles. The van der Waals surface area contributed by atoms with Crippen LogP contribution in [0.1, 0.15) is 32.2 Å². The summed E-state index contributed by atoms with van der Waals surface area (Å²) in [5, 5.41) is 9.29. The van der Waals surface area contributed by atoms with Gasteiger partial charge in [0.25, 0.3) is 0 Å². The second-order valence-corrected chi connectivity index (χ2v) is 6.15. The smallest absolute Gasteiger partial charge is 0.138 e. The van der Waals surface area contributed by atoms with Gasteiger partial charge in [-0.1, -0.05) is 11.3 Å². The molecule has 5 nitrogen and oxygen atoms in total. The third kappa shape index (κ3) is 3.31. The van der Waals surface area contributed by atoms with E-state index < -0.39 is 0 Å². The molecule has 5 heteroatoms. The van der Waals surface area contributed by atoms with Gasteiger partial charge in [0.1, 0.15) is 11.5 Å². The minimum absolute atomic E-state index is 0.789. The molecule has 0 amide bonds. The first kappa shape index (κ1) is 16.9. The number of aromatic nitrogens is 4. The summed E-state index contributed by atoms with van der Waals surface area (Å²) < 4.78 is 7.95. The molecule has 0 atom stereocenters. The van der Waals surface area contributed by atoms with Crippen LogP contribution in [-0.4, -0.2) is 20.0 Å². The second-order valence-electron chi connectivity index (χ2n) is 6.15. The van der Waals surface area contributed by atoms with Crippen molar-refractivity contribution in [2.24, 2.45) is 0 Å². The van der Waals surface area contributed by atoms with Crippen molar-refractivity contribution < 1.29 is 4.74 Å². The van der Waals surface area contributed by atoms with Crippen molar-refractivity contribution in [2.75, 3.05) is 0 Å². The summed E-state index contributed by atoms with van der Waals surface area (Å²) in [4.78, 5) is 4.49. The lowest BCUT2D eigenvalue weighted by atomic mass is 10.1. The number of allylic oxidation sites excluding steroid dienone is 3. The topological polar surface area (TPSA) is 52.8 Å². The predicted octanol–water partition coefficient (Wildman–Crippen LogP) is 4.68. The number of hydrogen-bond acceptors (Lipinski definition) is 4. The van der Waals surface area contributed by atoms with Gasteiger partial charge >= 0.3 is 0 Å². The van der Waals surface area contributed by atoms with E-state index in [1.165, 1.54) is 0 Å². The van der Waals surface area contributed by atoms with Crippen LogP contribution >= 0.6 is 0 Å². The molecule has 0 radical (unpaired) electrons. The molecule has 25 heavy (non-hydrogen) atoms. The lowest BCUT2D eigenvalue weighted by Crippen LogP contribution is -2.00. The monoisotopic (exact) mass is 334 g/mol. The average Bonchev–Trinajstić information content (AvgIpc) is 2.93. The van der Waals surface area contributed by atoms with Crippen LogP contribution in [0, 0.1) is 13.8 Å². The molecule has 2 aromatic heterocycles. The lowest BCUT2D eigenvalue weighted by molar-refractivity contribution is 0.442. The first-order valence-electron chi connectivity index (χ1n) is 8.27. The molecule has 0 aliphatic heterocycles. The number of ether oxygens (including phenoxy) is 1. The van der Waals surface area contributed by atoms with Crippen molar-refractivity contribution in [3.05, 3.63) is 65.3 Å². The van der Waals surface area contributed by atoms with Crippen LogP contribution in [-0.2, 0) is 0 Å². The highest BCUT2D eigenvalue weighted by Gasteiger charge is 2.10. The zero-order valence-corrected chi connectivity index (χ0v) is 15.2. The Morgan fingerprint density at radius 1 is 1.16 bits per heavy atom. The lowest BCUT2D eigenvalue weighted by Gasteiger charge is -2.12. The zero-order chi connectivity index (χ0) is 18.0. The molecule has 1 aromatic carbocycles. The summed E-state index contributed by atoms with van der Waals surface area (Å²) in [6.45, 7) is 10.0. The van der Waals surface area contributed by atoms with Crippen LogP contribution in [0.5, 0.6) is 5.75 Å². The van der Waals surface area contributed by atoms with Crippen molar-refractivity contribution in [3.8, 4) is 11.4 Å². The molecule has 0 saturated carbocycles. The highest BCUT2D eigenvalue weighted by Crippen LogP contribution is 2.28. The Hall–Kier alpha value is -2.95. The third-order valence-corrected chi connectivity index (χ3v) is 4.09. The molecule has 3 aromatic rings. The van der Waals surface area contributed by atoms with Gasteiger partial charge < -0.3 is 4.74 Å². The van der Waals surface area contributed by atoms with E-state index in [0.717, 1.165) is 45.1 Å². The molecule has 0 unspecified atom stereocenters. The molecule has 2 heterocycles. The molecule has 0 N–H and O–H groups in total. The van der Waals surface area contributed by atoms with E-state index in [2.05, 4.69) is 15.3 Å². The minimum atomic E-state index is 0.789. The molecule has 128 valence electrons. The van der Waals surface area contributed by atoms with Crippen LogP contribution in [0.3, 0.4) is 0 Å². The normalized spacial score (nSPS) is 11.2. The fourth-order valence-electron chi connectivity index (χ4n) is 2.55. The number of rotatable bonds is 4. The Balaban J connectivity index is 2.06. The standard InChI is InChI=1S/C20H22N4O/c1-6-7-19(13(2)3)25-20-10-11-21-18-12-16(8-9-17(18)20)24-15(5)14(4)22-23-24/h6-12H,1-5H3/b7-6-. The summed E-state index contributed by atoms with van der Waals surface area (Å²) >= 11 is 0. The summed E-state index contributed by atoms with van der Waals surface area (Å²) in [5.74, 6) is 1.64. The molecular weight excluding hydrogens is 312 g/mol. The van der Waals surface area contributed by atoms with E-state index in [4.69, 9.17) is 4.74 Å². The van der Waals surface area contributed by atoms with Crippen molar-refractivity contribution in [1.82, 2.24) is 20.0 Å². The van der Waals surface area contributed by atoms with Gasteiger partial charge in [-0.15, -0.1) is 5.10 Å². The SMILES string of the molecule is C/C=C\C(Oc1ccnc2cc(-n3nnc(C)c3C)ccc12)=C(C)C. The maximum Gasteiger partial charge on any atom is 0.138 e. The molecule has 0 bridgehead atoms. The van der Waals surface area contributed by atoms with Crippen LogP contribution < -0.4 is 4.74 Å². The van der Waals surface area contributed by atoms with E-state index in [9.17, 15) is 0 Å². The zero-order valence-electron chi connectivity index (χ0n) is 15.2. The van der Waals surface area contributed by atoms with E-state index in [1.807, 2.05) is 75.7 Å².